The van der Waals surface area contributed by atoms with E-state index in [1.165, 1.54) is 17.7 Å². The second-order valence-electron chi connectivity index (χ2n) is 13.6. The Kier molecular flexibility index (Phi) is 9.63. The molecule has 1 aliphatic carbocycles. The summed E-state index contributed by atoms with van der Waals surface area (Å²) in [6.07, 6.45) is 4.31. The number of carbonyl (C=O) groups excluding carboxylic acids is 1. The summed E-state index contributed by atoms with van der Waals surface area (Å²) in [7, 11) is 3.17. The highest BCUT2D eigenvalue weighted by molar-refractivity contribution is 6.39. The lowest BCUT2D eigenvalue weighted by Gasteiger charge is -2.41. The van der Waals surface area contributed by atoms with E-state index in [9.17, 15) is 14.7 Å². The Balaban J connectivity index is 1.16. The number of ether oxygens (including phenoxy) is 1. The highest BCUT2D eigenvalue weighted by Crippen LogP contribution is 2.43. The predicted octanol–water partition coefficient (Wildman–Crippen LogP) is 5.25. The molecule has 1 amide bonds. The van der Waals surface area contributed by atoms with Gasteiger partial charge in [-0.3, -0.25) is 14.2 Å². The summed E-state index contributed by atoms with van der Waals surface area (Å²) >= 11 is 14.1. The Morgan fingerprint density at radius 3 is 2.41 bits per heavy atom. The molecule has 11 nitrogen and oxygen atoms in total. The van der Waals surface area contributed by atoms with E-state index in [4.69, 9.17) is 33.0 Å². The molecular formula is C37H38Cl2FN7O4. The molecule has 7 rings (SSSR count). The van der Waals surface area contributed by atoms with Crippen LogP contribution in [-0.4, -0.2) is 61.5 Å². The summed E-state index contributed by atoms with van der Waals surface area (Å²) in [4.78, 5) is 29.4. The number of hydrogen-bond acceptors (Lipinski definition) is 8. The van der Waals surface area contributed by atoms with Gasteiger partial charge < -0.3 is 25.8 Å². The van der Waals surface area contributed by atoms with Crippen LogP contribution in [-0.2, 0) is 24.9 Å². The SMILES string of the molecule is COc1nc(-c2cccc(-c3cccc(-c4cc5c(=O)n(C)c(CNC6CC(C)(O)C6)nn5c4)c3Cl)c2Cl)c(F)cc1CNC[C@@H]1CCC(=O)N1. The van der Waals surface area contributed by atoms with Gasteiger partial charge in [0.05, 0.1) is 29.3 Å². The number of methoxy groups -OCH3 is 1. The van der Waals surface area contributed by atoms with Crippen molar-refractivity contribution in [1.29, 1.82) is 0 Å². The Morgan fingerprint density at radius 1 is 1.06 bits per heavy atom. The molecule has 14 heteroatoms. The number of halogens is 3. The fourth-order valence-electron chi connectivity index (χ4n) is 6.96. The van der Waals surface area contributed by atoms with Crippen molar-refractivity contribution in [3.63, 3.8) is 0 Å². The van der Waals surface area contributed by atoms with E-state index >= 15 is 4.39 Å². The van der Waals surface area contributed by atoms with E-state index in [2.05, 4.69) is 20.9 Å². The van der Waals surface area contributed by atoms with E-state index in [0.717, 1.165) is 6.42 Å². The second-order valence-corrected chi connectivity index (χ2v) is 14.3. The Labute approximate surface area is 303 Å². The van der Waals surface area contributed by atoms with Crippen LogP contribution in [0.15, 0.2) is 59.5 Å². The smallest absolute Gasteiger partial charge is 0.277 e. The van der Waals surface area contributed by atoms with Crippen molar-refractivity contribution in [1.82, 2.24) is 35.1 Å². The Bertz CT molecular complexity index is 2210. The average molecular weight is 735 g/mol. The zero-order valence-corrected chi connectivity index (χ0v) is 29.9. The van der Waals surface area contributed by atoms with Crippen LogP contribution in [0.5, 0.6) is 5.88 Å². The minimum atomic E-state index is -0.655. The lowest BCUT2D eigenvalue weighted by molar-refractivity contribution is -0.119. The summed E-state index contributed by atoms with van der Waals surface area (Å²) in [5, 5.41) is 24.9. The zero-order valence-electron chi connectivity index (χ0n) is 28.4. The lowest BCUT2D eigenvalue weighted by Crippen LogP contribution is -2.51. The molecular weight excluding hydrogens is 696 g/mol. The van der Waals surface area contributed by atoms with Gasteiger partial charge in [-0.25, -0.2) is 13.9 Å². The maximum atomic E-state index is 15.7. The van der Waals surface area contributed by atoms with Gasteiger partial charge in [-0.2, -0.15) is 5.10 Å². The Morgan fingerprint density at radius 2 is 1.75 bits per heavy atom. The van der Waals surface area contributed by atoms with Crippen LogP contribution in [0.2, 0.25) is 10.0 Å². The van der Waals surface area contributed by atoms with Gasteiger partial charge in [-0.1, -0.05) is 59.6 Å². The van der Waals surface area contributed by atoms with Crippen LogP contribution in [0.4, 0.5) is 4.39 Å². The van der Waals surface area contributed by atoms with Crippen LogP contribution in [0.25, 0.3) is 39.0 Å². The molecule has 4 N–H and O–H groups in total. The van der Waals surface area contributed by atoms with Crippen LogP contribution in [0, 0.1) is 5.82 Å². The number of nitrogens with zero attached hydrogens (tertiary/aromatic N) is 4. The normalized spacial score (nSPS) is 20.1. The van der Waals surface area contributed by atoms with E-state index in [0.29, 0.717) is 88.6 Å². The van der Waals surface area contributed by atoms with E-state index in [1.807, 2.05) is 25.1 Å². The lowest BCUT2D eigenvalue weighted by atomic mass is 9.77. The van der Waals surface area contributed by atoms with Crippen LogP contribution < -0.4 is 26.2 Å². The molecule has 0 bridgehead atoms. The van der Waals surface area contributed by atoms with Gasteiger partial charge in [-0.15, -0.1) is 0 Å². The van der Waals surface area contributed by atoms with Crippen molar-refractivity contribution < 1.29 is 19.0 Å². The molecule has 266 valence electrons. The summed E-state index contributed by atoms with van der Waals surface area (Å²) < 4.78 is 24.3. The molecule has 0 radical (unpaired) electrons. The molecule has 0 unspecified atom stereocenters. The predicted molar refractivity (Wildman–Crippen MR) is 194 cm³/mol. The van der Waals surface area contributed by atoms with Gasteiger partial charge in [0.2, 0.25) is 11.8 Å². The Hall–Kier alpha value is -4.33. The number of aliphatic hydroxyl groups is 1. The third-order valence-electron chi connectivity index (χ3n) is 9.71. The van der Waals surface area contributed by atoms with Crippen molar-refractivity contribution in [2.24, 2.45) is 7.05 Å². The summed E-state index contributed by atoms with van der Waals surface area (Å²) in [5.74, 6) is 0.285. The summed E-state index contributed by atoms with van der Waals surface area (Å²) in [6.45, 7) is 3.04. The molecule has 2 aromatic carbocycles. The number of fused-ring (bicyclic) bond motifs is 1. The standard InChI is InChI=1S/C37H38Cl2FN7O4/c1-37(50)14-23(15-37)42-18-30-45-47-19-21(13-29(47)36(49)46(30)2)24-6-4-7-25(32(24)38)26-8-5-9-27(33(26)39)34-28(40)12-20(35(44-34)51-3)16-41-17-22-10-11-31(48)43-22/h4-9,12-13,19,22-23,41-42,50H,10-11,14-18H2,1-3H3,(H,43,48)/t22-,23?,37?/m0/s1. The summed E-state index contributed by atoms with van der Waals surface area (Å²) in [6, 6.07) is 14.1. The third kappa shape index (κ3) is 6.98. The van der Waals surface area contributed by atoms with E-state index < -0.39 is 11.4 Å². The zero-order chi connectivity index (χ0) is 36.0. The first kappa shape index (κ1) is 35.1. The van der Waals surface area contributed by atoms with Crippen molar-refractivity contribution in [3.8, 4) is 39.4 Å². The molecule has 2 fully saturated rings. The van der Waals surface area contributed by atoms with Gasteiger partial charge in [0.15, 0.2) is 0 Å². The molecule has 3 aromatic heterocycles. The number of hydrogen-bond donors (Lipinski definition) is 4. The fourth-order valence-corrected chi connectivity index (χ4v) is 7.61. The minimum absolute atomic E-state index is 0.0333. The van der Waals surface area contributed by atoms with Crippen LogP contribution >= 0.6 is 23.2 Å². The minimum Gasteiger partial charge on any atom is -0.481 e. The molecule has 1 saturated heterocycles. The molecule has 1 atom stereocenters. The van der Waals surface area contributed by atoms with Crippen molar-refractivity contribution in [2.75, 3.05) is 13.7 Å². The van der Waals surface area contributed by atoms with Gasteiger partial charge in [0.1, 0.15) is 22.9 Å². The van der Waals surface area contributed by atoms with E-state index in [-0.39, 0.29) is 40.1 Å². The quantitative estimate of drug-likeness (QED) is 0.145. The maximum Gasteiger partial charge on any atom is 0.277 e. The van der Waals surface area contributed by atoms with Crippen LogP contribution in [0.3, 0.4) is 0 Å². The first-order valence-electron chi connectivity index (χ1n) is 16.8. The van der Waals surface area contributed by atoms with Crippen molar-refractivity contribution >= 4 is 34.6 Å². The number of carbonyl (C=O) groups is 1. The third-order valence-corrected chi connectivity index (χ3v) is 10.5. The fraction of sp³-hybridized carbons (Fsp3) is 0.351. The molecule has 0 spiro atoms. The number of benzene rings is 2. The topological polar surface area (TPSA) is 135 Å². The molecule has 4 heterocycles. The van der Waals surface area contributed by atoms with Crippen molar-refractivity contribution in [2.45, 2.75) is 63.4 Å². The average Bonchev–Trinajstić information content (AvgIpc) is 3.71. The highest BCUT2D eigenvalue weighted by Gasteiger charge is 2.38. The molecule has 1 aliphatic heterocycles. The monoisotopic (exact) mass is 733 g/mol. The molecule has 51 heavy (non-hydrogen) atoms. The number of nitrogens with one attached hydrogen (secondary N) is 3. The number of rotatable bonds is 11. The van der Waals surface area contributed by atoms with Crippen molar-refractivity contribution in [3.05, 3.63) is 92.3 Å². The molecule has 1 saturated carbocycles. The molecule has 5 aromatic rings. The van der Waals surface area contributed by atoms with E-state index in [1.54, 1.807) is 42.0 Å². The van der Waals surface area contributed by atoms with Crippen LogP contribution in [0.1, 0.15) is 44.0 Å². The first-order chi connectivity index (χ1) is 24.4. The maximum absolute atomic E-state index is 15.7. The van der Waals surface area contributed by atoms with Gasteiger partial charge in [0, 0.05) is 78.2 Å². The van der Waals surface area contributed by atoms with Gasteiger partial charge in [0.25, 0.3) is 5.56 Å². The summed E-state index contributed by atoms with van der Waals surface area (Å²) in [5.41, 5.74) is 3.02. The molecule has 2 aliphatic rings. The first-order valence-corrected chi connectivity index (χ1v) is 17.5. The van der Waals surface area contributed by atoms with Gasteiger partial charge >= 0.3 is 0 Å². The number of pyridine rings is 1. The number of aromatic nitrogens is 4. The van der Waals surface area contributed by atoms with Gasteiger partial charge in [-0.05, 0) is 38.3 Å². The number of amides is 1. The second kappa shape index (κ2) is 14.0. The largest absolute Gasteiger partial charge is 0.481 e. The highest BCUT2D eigenvalue weighted by atomic mass is 35.5.